The maximum Gasteiger partial charge on any atom is 0.292 e. The van der Waals surface area contributed by atoms with Crippen LogP contribution >= 0.6 is 0 Å². The third-order valence-corrected chi connectivity index (χ3v) is 3.44. The summed E-state index contributed by atoms with van der Waals surface area (Å²) < 4.78 is 5.44. The lowest BCUT2D eigenvalue weighted by Gasteiger charge is -2.23. The summed E-state index contributed by atoms with van der Waals surface area (Å²) >= 11 is 0. The van der Waals surface area contributed by atoms with Gasteiger partial charge in [0.25, 0.3) is 5.97 Å². The molecule has 0 saturated heterocycles. The van der Waals surface area contributed by atoms with Crippen molar-refractivity contribution < 1.29 is 9.22 Å². The van der Waals surface area contributed by atoms with E-state index < -0.39 is 8.32 Å². The number of hydrogen-bond donors (Lipinski definition) is 0. The second-order valence-corrected chi connectivity index (χ2v) is 9.72. The Bertz CT molecular complexity index is 190. The van der Waals surface area contributed by atoms with Gasteiger partial charge < -0.3 is 4.43 Å². The summed E-state index contributed by atoms with van der Waals surface area (Å²) in [5, 5.41) is 0. The molecular weight excluding hydrogens is 192 g/mol. The molecule has 0 aromatic carbocycles. The minimum Gasteiger partial charge on any atom is -0.520 e. The van der Waals surface area contributed by atoms with Crippen LogP contribution in [-0.4, -0.2) is 14.3 Å². The summed E-state index contributed by atoms with van der Waals surface area (Å²) in [6.07, 6.45) is 7.04. The second-order valence-electron chi connectivity index (χ2n) is 5.29. The Hall–Kier alpha value is -0.313. The molecule has 0 radical (unpaired) electrons. The standard InChI is InChI=1S/C11H22O2Si/c1-14(2,3)13-11(12)9-10-7-5-4-6-8-10/h10H,4-9H2,1-3H3. The van der Waals surface area contributed by atoms with Crippen molar-refractivity contribution in [2.75, 3.05) is 0 Å². The molecule has 0 atom stereocenters. The van der Waals surface area contributed by atoms with Gasteiger partial charge in [-0.2, -0.15) is 0 Å². The molecule has 1 aliphatic carbocycles. The Morgan fingerprint density at radius 3 is 2.29 bits per heavy atom. The largest absolute Gasteiger partial charge is 0.520 e. The van der Waals surface area contributed by atoms with Gasteiger partial charge in [-0.15, -0.1) is 0 Å². The van der Waals surface area contributed by atoms with Crippen molar-refractivity contribution in [1.82, 2.24) is 0 Å². The molecule has 1 rings (SSSR count). The second kappa shape index (κ2) is 4.96. The maximum absolute atomic E-state index is 11.5. The predicted molar refractivity (Wildman–Crippen MR) is 60.6 cm³/mol. The van der Waals surface area contributed by atoms with Gasteiger partial charge in [-0.05, 0) is 38.4 Å². The van der Waals surface area contributed by atoms with Crippen molar-refractivity contribution >= 4 is 14.3 Å². The van der Waals surface area contributed by atoms with Crippen LogP contribution in [0.25, 0.3) is 0 Å². The summed E-state index contributed by atoms with van der Waals surface area (Å²) in [4.78, 5) is 11.5. The average molecular weight is 214 g/mol. The molecule has 0 spiro atoms. The Morgan fingerprint density at radius 1 is 1.21 bits per heavy atom. The van der Waals surface area contributed by atoms with Crippen LogP contribution in [0.4, 0.5) is 0 Å². The summed E-state index contributed by atoms with van der Waals surface area (Å²) in [5.41, 5.74) is 0. The number of hydrogen-bond acceptors (Lipinski definition) is 2. The van der Waals surface area contributed by atoms with E-state index in [9.17, 15) is 4.79 Å². The number of carbonyl (C=O) groups excluding carboxylic acids is 1. The topological polar surface area (TPSA) is 26.3 Å². The van der Waals surface area contributed by atoms with Crippen molar-refractivity contribution in [1.29, 1.82) is 0 Å². The molecule has 14 heavy (non-hydrogen) atoms. The van der Waals surface area contributed by atoms with Gasteiger partial charge in [0.1, 0.15) is 0 Å². The van der Waals surface area contributed by atoms with E-state index in [0.29, 0.717) is 12.3 Å². The van der Waals surface area contributed by atoms with Gasteiger partial charge in [0.2, 0.25) is 8.32 Å². The SMILES string of the molecule is C[Si](C)(C)OC(=O)CC1CCCCC1. The Balaban J connectivity index is 2.25. The lowest BCUT2D eigenvalue weighted by atomic mass is 9.87. The van der Waals surface area contributed by atoms with Crippen LogP contribution in [0.15, 0.2) is 0 Å². The lowest BCUT2D eigenvalue weighted by Crippen LogP contribution is -2.30. The van der Waals surface area contributed by atoms with Crippen LogP contribution in [-0.2, 0) is 9.22 Å². The van der Waals surface area contributed by atoms with Gasteiger partial charge in [-0.1, -0.05) is 19.3 Å². The molecular formula is C11H22O2Si. The van der Waals surface area contributed by atoms with Gasteiger partial charge in [0.05, 0.1) is 0 Å². The zero-order valence-corrected chi connectivity index (χ0v) is 10.6. The zero-order valence-electron chi connectivity index (χ0n) is 9.64. The highest BCUT2D eigenvalue weighted by molar-refractivity contribution is 6.71. The van der Waals surface area contributed by atoms with Crippen LogP contribution in [0.1, 0.15) is 38.5 Å². The van der Waals surface area contributed by atoms with Crippen LogP contribution in [0.5, 0.6) is 0 Å². The van der Waals surface area contributed by atoms with E-state index in [1.165, 1.54) is 32.1 Å². The summed E-state index contributed by atoms with van der Waals surface area (Å²) in [5.74, 6) is 0.642. The lowest BCUT2D eigenvalue weighted by molar-refractivity contribution is -0.136. The first kappa shape index (κ1) is 11.8. The smallest absolute Gasteiger partial charge is 0.292 e. The molecule has 0 unspecified atom stereocenters. The van der Waals surface area contributed by atoms with Gasteiger partial charge in [0.15, 0.2) is 0 Å². The molecule has 0 aromatic heterocycles. The van der Waals surface area contributed by atoms with Crippen LogP contribution in [0.2, 0.25) is 19.6 Å². The number of rotatable bonds is 3. The molecule has 0 heterocycles. The van der Waals surface area contributed by atoms with E-state index in [1.54, 1.807) is 0 Å². The monoisotopic (exact) mass is 214 g/mol. The molecule has 1 saturated carbocycles. The Kier molecular flexibility index (Phi) is 4.17. The third kappa shape index (κ3) is 4.79. The molecule has 3 heteroatoms. The molecule has 0 aliphatic heterocycles. The quantitative estimate of drug-likeness (QED) is 0.674. The minimum atomic E-state index is -1.65. The van der Waals surface area contributed by atoms with E-state index in [0.717, 1.165) is 0 Å². The first-order valence-corrected chi connectivity index (χ1v) is 9.10. The van der Waals surface area contributed by atoms with Gasteiger partial charge in [-0.3, -0.25) is 4.79 Å². The van der Waals surface area contributed by atoms with E-state index in [4.69, 9.17) is 4.43 Å². The van der Waals surface area contributed by atoms with E-state index in [2.05, 4.69) is 19.6 Å². The molecule has 0 bridgehead atoms. The summed E-state index contributed by atoms with van der Waals surface area (Å²) in [6, 6.07) is 0. The van der Waals surface area contributed by atoms with Crippen molar-refractivity contribution in [3.63, 3.8) is 0 Å². The Labute approximate surface area is 88.2 Å². The highest BCUT2D eigenvalue weighted by Gasteiger charge is 2.23. The van der Waals surface area contributed by atoms with Crippen LogP contribution in [0, 0.1) is 5.92 Å². The molecule has 1 fully saturated rings. The molecule has 1 aliphatic rings. The van der Waals surface area contributed by atoms with Crippen molar-refractivity contribution in [2.45, 2.75) is 58.2 Å². The predicted octanol–water partition coefficient (Wildman–Crippen LogP) is 3.33. The molecule has 0 aromatic rings. The molecule has 0 N–H and O–H groups in total. The maximum atomic E-state index is 11.5. The van der Waals surface area contributed by atoms with E-state index in [-0.39, 0.29) is 5.97 Å². The molecule has 0 amide bonds. The van der Waals surface area contributed by atoms with Crippen molar-refractivity contribution in [3.8, 4) is 0 Å². The van der Waals surface area contributed by atoms with Crippen LogP contribution in [0.3, 0.4) is 0 Å². The van der Waals surface area contributed by atoms with Crippen molar-refractivity contribution in [2.24, 2.45) is 5.92 Å². The van der Waals surface area contributed by atoms with E-state index >= 15 is 0 Å². The third-order valence-electron chi connectivity index (χ3n) is 2.60. The molecule has 2 nitrogen and oxygen atoms in total. The summed E-state index contributed by atoms with van der Waals surface area (Å²) in [7, 11) is -1.65. The van der Waals surface area contributed by atoms with Gasteiger partial charge >= 0.3 is 0 Å². The minimum absolute atomic E-state index is 0.0380. The Morgan fingerprint density at radius 2 is 1.79 bits per heavy atom. The van der Waals surface area contributed by atoms with Gasteiger partial charge in [-0.25, -0.2) is 0 Å². The summed E-state index contributed by atoms with van der Waals surface area (Å²) in [6.45, 7) is 6.18. The van der Waals surface area contributed by atoms with Gasteiger partial charge in [0, 0.05) is 6.42 Å². The van der Waals surface area contributed by atoms with Crippen LogP contribution < -0.4 is 0 Å². The number of carbonyl (C=O) groups is 1. The first-order chi connectivity index (χ1) is 6.47. The fourth-order valence-electron chi connectivity index (χ4n) is 2.01. The normalized spacial score (nSPS) is 19.4. The van der Waals surface area contributed by atoms with E-state index in [1.807, 2.05) is 0 Å². The van der Waals surface area contributed by atoms with Crippen molar-refractivity contribution in [3.05, 3.63) is 0 Å². The zero-order chi connectivity index (χ0) is 10.6. The first-order valence-electron chi connectivity index (χ1n) is 5.69. The average Bonchev–Trinajstić information content (AvgIpc) is 2.02. The fraction of sp³-hybridized carbons (Fsp3) is 0.909. The highest BCUT2D eigenvalue weighted by Crippen LogP contribution is 2.26. The highest BCUT2D eigenvalue weighted by atomic mass is 28.4. The fourth-order valence-corrected chi connectivity index (χ4v) is 2.78. The molecule has 82 valence electrons.